The van der Waals surface area contributed by atoms with Gasteiger partial charge in [0.25, 0.3) is 0 Å². The normalized spacial score (nSPS) is 20.7. The van der Waals surface area contributed by atoms with Crippen molar-refractivity contribution in [1.82, 2.24) is 15.0 Å². The molecule has 1 saturated carbocycles. The lowest BCUT2D eigenvalue weighted by Crippen LogP contribution is -2.29. The topological polar surface area (TPSA) is 88.8 Å². The summed E-state index contributed by atoms with van der Waals surface area (Å²) in [5, 5.41) is 7.89. The zero-order valence-corrected chi connectivity index (χ0v) is 16.4. The maximum Gasteiger partial charge on any atom is 0.223 e. The zero-order chi connectivity index (χ0) is 18.7. The molecule has 142 valence electrons. The fourth-order valence-electron chi connectivity index (χ4n) is 3.44. The summed E-state index contributed by atoms with van der Waals surface area (Å²) in [5.41, 5.74) is 7.94. The van der Waals surface area contributed by atoms with Crippen molar-refractivity contribution in [3.8, 4) is 0 Å². The summed E-state index contributed by atoms with van der Waals surface area (Å²) in [6.07, 6.45) is 6.51. The number of rotatable bonds is 6. The van der Waals surface area contributed by atoms with Gasteiger partial charge < -0.3 is 16.4 Å². The molecule has 0 spiro atoms. The van der Waals surface area contributed by atoms with Gasteiger partial charge in [-0.05, 0) is 57.4 Å². The zero-order valence-electron chi connectivity index (χ0n) is 16.4. The van der Waals surface area contributed by atoms with Crippen LogP contribution in [0.3, 0.4) is 0 Å². The lowest BCUT2D eigenvalue weighted by Gasteiger charge is -2.26. The van der Waals surface area contributed by atoms with E-state index in [1.54, 1.807) is 0 Å². The van der Waals surface area contributed by atoms with Gasteiger partial charge in [0.05, 0.1) is 0 Å². The maximum absolute atomic E-state index is 6.00. The van der Waals surface area contributed by atoms with Crippen LogP contribution in [0.1, 0.15) is 65.0 Å². The fourth-order valence-corrected chi connectivity index (χ4v) is 3.44. The van der Waals surface area contributed by atoms with E-state index < -0.39 is 0 Å². The molecule has 0 aromatic carbocycles. The van der Waals surface area contributed by atoms with Crippen molar-refractivity contribution in [3.05, 3.63) is 18.0 Å². The van der Waals surface area contributed by atoms with E-state index in [0.717, 1.165) is 41.8 Å². The van der Waals surface area contributed by atoms with E-state index in [2.05, 4.69) is 49.4 Å². The molecule has 2 heterocycles. The summed E-state index contributed by atoms with van der Waals surface area (Å²) in [7, 11) is 0. The standard InChI is InChI=1S/C20H32N6/c1-12(2)17-9-15-11-23-20(22-10-14-5-7-16(21)8-6-14)26-18(15)19(25-17)24-13(3)4/h9,11-14,16H,5-8,10,21H2,1-4H3,(H,24,25)(H,22,23,26). The molecule has 1 aliphatic rings. The molecule has 0 unspecified atom stereocenters. The molecule has 0 radical (unpaired) electrons. The number of hydrogen-bond donors (Lipinski definition) is 3. The van der Waals surface area contributed by atoms with Crippen LogP contribution in [0.2, 0.25) is 0 Å². The van der Waals surface area contributed by atoms with Crippen LogP contribution >= 0.6 is 0 Å². The third-order valence-electron chi connectivity index (χ3n) is 5.04. The molecule has 0 bridgehead atoms. The summed E-state index contributed by atoms with van der Waals surface area (Å²) in [4.78, 5) is 14.1. The van der Waals surface area contributed by atoms with E-state index in [1.807, 2.05) is 6.20 Å². The summed E-state index contributed by atoms with van der Waals surface area (Å²) in [6, 6.07) is 2.78. The second-order valence-corrected chi connectivity index (χ2v) is 8.14. The van der Waals surface area contributed by atoms with Gasteiger partial charge in [-0.3, -0.25) is 0 Å². The average molecular weight is 357 g/mol. The minimum atomic E-state index is 0.297. The van der Waals surface area contributed by atoms with Gasteiger partial charge in [-0.15, -0.1) is 0 Å². The smallest absolute Gasteiger partial charge is 0.223 e. The van der Waals surface area contributed by atoms with Gasteiger partial charge in [0, 0.05) is 35.9 Å². The van der Waals surface area contributed by atoms with Gasteiger partial charge in [0.1, 0.15) is 5.52 Å². The Morgan fingerprint density at radius 2 is 1.85 bits per heavy atom. The molecule has 0 atom stereocenters. The molecular weight excluding hydrogens is 324 g/mol. The molecule has 6 nitrogen and oxygen atoms in total. The van der Waals surface area contributed by atoms with Crippen molar-refractivity contribution in [2.24, 2.45) is 11.7 Å². The van der Waals surface area contributed by atoms with Crippen molar-refractivity contribution in [2.45, 2.75) is 71.4 Å². The Morgan fingerprint density at radius 1 is 1.12 bits per heavy atom. The highest BCUT2D eigenvalue weighted by Crippen LogP contribution is 2.26. The fraction of sp³-hybridized carbons (Fsp3) is 0.650. The van der Waals surface area contributed by atoms with Gasteiger partial charge in [-0.25, -0.2) is 15.0 Å². The molecule has 0 amide bonds. The summed E-state index contributed by atoms with van der Waals surface area (Å²) >= 11 is 0. The minimum Gasteiger partial charge on any atom is -0.366 e. The van der Waals surface area contributed by atoms with E-state index in [1.165, 1.54) is 12.8 Å². The Balaban J connectivity index is 1.81. The highest BCUT2D eigenvalue weighted by molar-refractivity contribution is 5.89. The Kier molecular flexibility index (Phi) is 5.91. The van der Waals surface area contributed by atoms with Crippen LogP contribution < -0.4 is 16.4 Å². The SMILES string of the molecule is CC(C)Nc1nc(C(C)C)cc2cnc(NCC3CCC(N)CC3)nc12. The van der Waals surface area contributed by atoms with E-state index in [0.29, 0.717) is 29.9 Å². The van der Waals surface area contributed by atoms with Crippen LogP contribution in [-0.4, -0.2) is 33.6 Å². The lowest BCUT2D eigenvalue weighted by atomic mass is 9.86. The molecule has 1 aliphatic carbocycles. The largest absolute Gasteiger partial charge is 0.366 e. The summed E-state index contributed by atoms with van der Waals surface area (Å²) < 4.78 is 0. The Morgan fingerprint density at radius 3 is 2.50 bits per heavy atom. The van der Waals surface area contributed by atoms with Crippen LogP contribution in [0.5, 0.6) is 0 Å². The third-order valence-corrected chi connectivity index (χ3v) is 5.04. The van der Waals surface area contributed by atoms with E-state index in [9.17, 15) is 0 Å². The quantitative estimate of drug-likeness (QED) is 0.727. The highest BCUT2D eigenvalue weighted by Gasteiger charge is 2.19. The van der Waals surface area contributed by atoms with Crippen molar-refractivity contribution in [3.63, 3.8) is 0 Å². The van der Waals surface area contributed by atoms with Crippen LogP contribution in [0, 0.1) is 5.92 Å². The van der Waals surface area contributed by atoms with Crippen molar-refractivity contribution < 1.29 is 0 Å². The van der Waals surface area contributed by atoms with Crippen molar-refractivity contribution >= 4 is 22.7 Å². The number of pyridine rings is 1. The number of anilines is 2. The minimum absolute atomic E-state index is 0.297. The molecule has 4 N–H and O–H groups in total. The number of nitrogens with one attached hydrogen (secondary N) is 2. The molecule has 1 fully saturated rings. The second-order valence-electron chi connectivity index (χ2n) is 8.14. The average Bonchev–Trinajstić information content (AvgIpc) is 2.60. The number of nitrogens with two attached hydrogens (primary N) is 1. The first-order valence-electron chi connectivity index (χ1n) is 9.86. The van der Waals surface area contributed by atoms with Crippen LogP contribution in [0.4, 0.5) is 11.8 Å². The summed E-state index contributed by atoms with van der Waals surface area (Å²) in [6.45, 7) is 9.44. The van der Waals surface area contributed by atoms with Crippen LogP contribution in [0.15, 0.2) is 12.3 Å². The van der Waals surface area contributed by atoms with E-state index >= 15 is 0 Å². The van der Waals surface area contributed by atoms with Crippen molar-refractivity contribution in [2.75, 3.05) is 17.2 Å². The number of hydrogen-bond acceptors (Lipinski definition) is 6. The lowest BCUT2D eigenvalue weighted by molar-refractivity contribution is 0.338. The number of aromatic nitrogens is 3. The number of fused-ring (bicyclic) bond motifs is 1. The molecular formula is C20H32N6. The monoisotopic (exact) mass is 356 g/mol. The number of nitrogens with zero attached hydrogens (tertiary/aromatic N) is 3. The second kappa shape index (κ2) is 8.16. The molecule has 0 saturated heterocycles. The van der Waals surface area contributed by atoms with Crippen molar-refractivity contribution in [1.29, 1.82) is 0 Å². The Labute approximate surface area is 156 Å². The van der Waals surface area contributed by atoms with Gasteiger partial charge in [-0.2, -0.15) is 0 Å². The molecule has 2 aromatic heterocycles. The third kappa shape index (κ3) is 4.61. The van der Waals surface area contributed by atoms with Crippen LogP contribution in [0.25, 0.3) is 10.9 Å². The Hall–Kier alpha value is -1.95. The van der Waals surface area contributed by atoms with Gasteiger partial charge in [0.15, 0.2) is 5.82 Å². The van der Waals surface area contributed by atoms with E-state index in [4.69, 9.17) is 15.7 Å². The molecule has 6 heteroatoms. The molecule has 0 aliphatic heterocycles. The van der Waals surface area contributed by atoms with Crippen LogP contribution in [-0.2, 0) is 0 Å². The van der Waals surface area contributed by atoms with Gasteiger partial charge in [0.2, 0.25) is 5.95 Å². The first-order valence-corrected chi connectivity index (χ1v) is 9.86. The molecule has 2 aromatic rings. The van der Waals surface area contributed by atoms with E-state index in [-0.39, 0.29) is 0 Å². The predicted octanol–water partition coefficient (Wildman–Crippen LogP) is 3.90. The summed E-state index contributed by atoms with van der Waals surface area (Å²) in [5.74, 6) is 2.54. The first kappa shape index (κ1) is 18.8. The Bertz CT molecular complexity index is 734. The molecule has 26 heavy (non-hydrogen) atoms. The molecule has 3 rings (SSSR count). The van der Waals surface area contributed by atoms with Gasteiger partial charge >= 0.3 is 0 Å². The maximum atomic E-state index is 6.00. The predicted molar refractivity (Wildman–Crippen MR) is 109 cm³/mol. The van der Waals surface area contributed by atoms with Gasteiger partial charge in [-0.1, -0.05) is 13.8 Å². The first-order chi connectivity index (χ1) is 12.4. The highest BCUT2D eigenvalue weighted by atomic mass is 15.1.